The Morgan fingerprint density at radius 2 is 1.67 bits per heavy atom. The van der Waals surface area contributed by atoms with Crippen LogP contribution >= 0.6 is 24.0 Å². The van der Waals surface area contributed by atoms with Crippen molar-refractivity contribution >= 4 is 64.2 Å². The van der Waals surface area contributed by atoms with E-state index in [1.54, 1.807) is 25.1 Å². The number of hydrogen-bond acceptors (Lipinski definition) is 5. The first kappa shape index (κ1) is 32.7. The number of halogens is 5. The maximum Gasteiger partial charge on any atom is 0.417 e. The van der Waals surface area contributed by atoms with Crippen molar-refractivity contribution in [2.24, 2.45) is 5.41 Å². The van der Waals surface area contributed by atoms with Gasteiger partial charge in [-0.25, -0.2) is 4.98 Å². The molecule has 0 saturated carbocycles. The van der Waals surface area contributed by atoms with Crippen molar-refractivity contribution in [2.45, 2.75) is 39.9 Å². The summed E-state index contributed by atoms with van der Waals surface area (Å²) >= 11 is 6.20. The molecule has 8 nitrogen and oxygen atoms in total. The van der Waals surface area contributed by atoms with Crippen LogP contribution < -0.4 is 16.0 Å². The second-order valence-electron chi connectivity index (χ2n) is 10.6. The summed E-state index contributed by atoms with van der Waals surface area (Å²) in [5.74, 6) is -1.33. The van der Waals surface area contributed by atoms with E-state index in [0.717, 1.165) is 12.1 Å². The Bertz CT molecular complexity index is 1620. The summed E-state index contributed by atoms with van der Waals surface area (Å²) in [7, 11) is 0. The zero-order valence-corrected chi connectivity index (χ0v) is 24.7. The standard InChI is InChI=1S/C29H29ClF3N5O3.ClH/c1-15-20(30)10-7-11-21(15)35-26(41)18-12-16(34-25(40)17-8-5-6-9-19(17)29(31,32)33)13-22-24(18)38-27(36-22)37-23(14-39)28(2,3)4;/h5-13,23,39H,14H2,1-4H3,(H,34,40)(H,35,41)(H2,36,37,38);1H/t23-;/m1./s1. The number of aliphatic hydroxyl groups excluding tert-OH is 1. The van der Waals surface area contributed by atoms with Crippen molar-refractivity contribution in [1.82, 2.24) is 9.97 Å². The molecule has 42 heavy (non-hydrogen) atoms. The zero-order valence-electron chi connectivity index (χ0n) is 23.1. The number of carbonyl (C=O) groups excluding carboxylic acids is 2. The van der Waals surface area contributed by atoms with Gasteiger partial charge in [0.05, 0.1) is 34.9 Å². The fourth-order valence-corrected chi connectivity index (χ4v) is 4.37. The molecule has 0 fully saturated rings. The number of hydrogen-bond donors (Lipinski definition) is 5. The Morgan fingerprint density at radius 1 is 1.00 bits per heavy atom. The summed E-state index contributed by atoms with van der Waals surface area (Å²) in [5.41, 5.74) is -0.237. The number of fused-ring (bicyclic) bond motifs is 1. The van der Waals surface area contributed by atoms with Gasteiger partial charge in [0.25, 0.3) is 11.8 Å². The highest BCUT2D eigenvalue weighted by atomic mass is 35.5. The average Bonchev–Trinajstić information content (AvgIpc) is 3.30. The number of H-pyrrole nitrogens is 1. The highest BCUT2D eigenvalue weighted by Crippen LogP contribution is 2.33. The second-order valence-corrected chi connectivity index (χ2v) is 11.0. The minimum Gasteiger partial charge on any atom is -0.394 e. The zero-order chi connectivity index (χ0) is 30.1. The Balaban J connectivity index is 0.00000484. The van der Waals surface area contributed by atoms with Crippen LogP contribution in [0.1, 0.15) is 52.6 Å². The van der Waals surface area contributed by atoms with E-state index in [1.807, 2.05) is 20.8 Å². The molecular formula is C29H30Cl2F3N5O3. The number of carbonyl (C=O) groups is 2. The van der Waals surface area contributed by atoms with Gasteiger partial charge in [-0.3, -0.25) is 9.59 Å². The predicted octanol–water partition coefficient (Wildman–Crippen LogP) is 7.29. The minimum absolute atomic E-state index is 0. The van der Waals surface area contributed by atoms with Crippen LogP contribution in [0.4, 0.5) is 30.5 Å². The Kier molecular flexibility index (Phi) is 9.81. The number of anilines is 3. The summed E-state index contributed by atoms with van der Waals surface area (Å²) < 4.78 is 40.6. The molecule has 5 N–H and O–H groups in total. The molecule has 13 heteroatoms. The third kappa shape index (κ3) is 7.15. The van der Waals surface area contributed by atoms with Crippen LogP contribution in [0.15, 0.2) is 54.6 Å². The predicted molar refractivity (Wildman–Crippen MR) is 161 cm³/mol. The number of alkyl halides is 3. The van der Waals surface area contributed by atoms with Crippen LogP contribution in [0.2, 0.25) is 5.02 Å². The van der Waals surface area contributed by atoms with Gasteiger partial charge in [0, 0.05) is 16.4 Å². The van der Waals surface area contributed by atoms with E-state index in [9.17, 15) is 27.9 Å². The van der Waals surface area contributed by atoms with Gasteiger partial charge in [0.2, 0.25) is 5.95 Å². The summed E-state index contributed by atoms with van der Waals surface area (Å²) in [6, 6.07) is 11.9. The lowest BCUT2D eigenvalue weighted by Gasteiger charge is -2.29. The van der Waals surface area contributed by atoms with Crippen molar-refractivity contribution in [3.63, 3.8) is 0 Å². The van der Waals surface area contributed by atoms with Gasteiger partial charge in [-0.15, -0.1) is 12.4 Å². The summed E-state index contributed by atoms with van der Waals surface area (Å²) in [6.45, 7) is 7.34. The first-order valence-electron chi connectivity index (χ1n) is 12.6. The number of aromatic amines is 1. The monoisotopic (exact) mass is 623 g/mol. The van der Waals surface area contributed by atoms with Crippen molar-refractivity contribution in [2.75, 3.05) is 22.6 Å². The molecule has 0 radical (unpaired) electrons. The second kappa shape index (κ2) is 12.6. The van der Waals surface area contributed by atoms with Crippen LogP contribution in [0, 0.1) is 12.3 Å². The molecule has 0 unspecified atom stereocenters. The van der Waals surface area contributed by atoms with Crippen molar-refractivity contribution in [3.8, 4) is 0 Å². The largest absolute Gasteiger partial charge is 0.417 e. The Morgan fingerprint density at radius 3 is 2.31 bits per heavy atom. The molecule has 224 valence electrons. The summed E-state index contributed by atoms with van der Waals surface area (Å²) in [5, 5.41) is 18.7. The Hall–Kier alpha value is -3.80. The smallest absolute Gasteiger partial charge is 0.394 e. The molecule has 3 aromatic carbocycles. The first-order valence-corrected chi connectivity index (χ1v) is 13.0. The average molecular weight is 624 g/mol. The SMILES string of the molecule is Cc1c(Cl)cccc1NC(=O)c1cc(NC(=O)c2ccccc2C(F)(F)F)cc2[nH]c(N[C@H](CO)C(C)(C)C)nc12.Cl. The maximum absolute atomic E-state index is 13.5. The van der Waals surface area contributed by atoms with Crippen molar-refractivity contribution in [1.29, 1.82) is 0 Å². The van der Waals surface area contributed by atoms with Gasteiger partial charge in [-0.05, 0) is 54.3 Å². The minimum atomic E-state index is -4.74. The number of rotatable bonds is 7. The lowest BCUT2D eigenvalue weighted by Crippen LogP contribution is -2.37. The third-order valence-electron chi connectivity index (χ3n) is 6.62. The summed E-state index contributed by atoms with van der Waals surface area (Å²) in [4.78, 5) is 34.0. The van der Waals surface area contributed by atoms with Crippen LogP contribution in [-0.4, -0.2) is 39.5 Å². The van der Waals surface area contributed by atoms with E-state index in [1.165, 1.54) is 24.3 Å². The number of nitrogens with one attached hydrogen (secondary N) is 4. The number of aliphatic hydroxyl groups is 1. The normalized spacial score (nSPS) is 12.4. The van der Waals surface area contributed by atoms with Gasteiger partial charge >= 0.3 is 6.18 Å². The molecule has 0 saturated heterocycles. The topological polar surface area (TPSA) is 119 Å². The number of aromatic nitrogens is 2. The van der Waals surface area contributed by atoms with Crippen LogP contribution in [0.3, 0.4) is 0 Å². The van der Waals surface area contributed by atoms with Gasteiger partial charge in [-0.1, -0.05) is 50.6 Å². The molecule has 2 amide bonds. The number of benzene rings is 3. The highest BCUT2D eigenvalue weighted by Gasteiger charge is 2.35. The maximum atomic E-state index is 13.5. The van der Waals surface area contributed by atoms with Gasteiger partial charge in [0.15, 0.2) is 0 Å². The molecule has 4 aromatic rings. The van der Waals surface area contributed by atoms with Crippen LogP contribution in [0.25, 0.3) is 11.0 Å². The van der Waals surface area contributed by atoms with E-state index < -0.39 is 35.2 Å². The first-order chi connectivity index (χ1) is 19.2. The third-order valence-corrected chi connectivity index (χ3v) is 7.03. The number of amides is 2. The van der Waals surface area contributed by atoms with Crippen molar-refractivity contribution < 1.29 is 27.9 Å². The molecule has 0 spiro atoms. The molecule has 0 bridgehead atoms. The van der Waals surface area contributed by atoms with E-state index in [0.29, 0.717) is 21.8 Å². The Labute approximate surface area is 251 Å². The van der Waals surface area contributed by atoms with Gasteiger partial charge in [0.1, 0.15) is 5.52 Å². The fraction of sp³-hybridized carbons (Fsp3) is 0.276. The quantitative estimate of drug-likeness (QED) is 0.148. The lowest BCUT2D eigenvalue weighted by atomic mass is 9.87. The molecule has 0 aliphatic carbocycles. The van der Waals surface area contributed by atoms with Gasteiger partial charge < -0.3 is 26.0 Å². The molecule has 1 aromatic heterocycles. The van der Waals surface area contributed by atoms with E-state index in [4.69, 9.17) is 11.6 Å². The van der Waals surface area contributed by atoms with Crippen molar-refractivity contribution in [3.05, 3.63) is 81.9 Å². The molecule has 4 rings (SSSR count). The van der Waals surface area contributed by atoms with Crippen LogP contribution in [-0.2, 0) is 6.18 Å². The highest BCUT2D eigenvalue weighted by molar-refractivity contribution is 6.31. The van der Waals surface area contributed by atoms with E-state index in [-0.39, 0.29) is 47.1 Å². The fourth-order valence-electron chi connectivity index (χ4n) is 4.19. The number of nitrogens with zero attached hydrogens (tertiary/aromatic N) is 1. The van der Waals surface area contributed by atoms with Gasteiger partial charge in [-0.2, -0.15) is 13.2 Å². The number of imidazole rings is 1. The molecule has 0 aliphatic rings. The van der Waals surface area contributed by atoms with E-state index >= 15 is 0 Å². The molecule has 1 atom stereocenters. The molecular weight excluding hydrogens is 594 g/mol. The van der Waals surface area contributed by atoms with E-state index in [2.05, 4.69) is 25.9 Å². The van der Waals surface area contributed by atoms with Crippen LogP contribution in [0.5, 0.6) is 0 Å². The lowest BCUT2D eigenvalue weighted by molar-refractivity contribution is -0.137. The summed E-state index contributed by atoms with van der Waals surface area (Å²) in [6.07, 6.45) is -4.74. The molecule has 1 heterocycles. The molecule has 0 aliphatic heterocycles.